The average molecular weight is 333 g/mol. The molecule has 25 heavy (non-hydrogen) atoms. The zero-order valence-corrected chi connectivity index (χ0v) is 14.0. The van der Waals surface area contributed by atoms with Gasteiger partial charge in [0.2, 0.25) is 5.91 Å². The van der Waals surface area contributed by atoms with E-state index in [4.69, 9.17) is 0 Å². The highest BCUT2D eigenvalue weighted by Gasteiger charge is 2.30. The van der Waals surface area contributed by atoms with Crippen LogP contribution in [0.3, 0.4) is 0 Å². The Hall–Kier alpha value is -3.02. The van der Waals surface area contributed by atoms with E-state index in [-0.39, 0.29) is 5.91 Å². The van der Waals surface area contributed by atoms with Crippen molar-refractivity contribution in [3.8, 4) is 5.82 Å². The molecule has 0 aliphatic carbocycles. The van der Waals surface area contributed by atoms with Crippen molar-refractivity contribution < 1.29 is 4.79 Å². The van der Waals surface area contributed by atoms with Crippen LogP contribution in [0.1, 0.15) is 17.5 Å². The van der Waals surface area contributed by atoms with Gasteiger partial charge in [-0.25, -0.2) is 4.98 Å². The highest BCUT2D eigenvalue weighted by atomic mass is 16.2. The summed E-state index contributed by atoms with van der Waals surface area (Å²) in [4.78, 5) is 18.8. The maximum atomic E-state index is 12.3. The minimum absolute atomic E-state index is 0.196. The van der Waals surface area contributed by atoms with Gasteiger partial charge in [0.15, 0.2) is 0 Å². The molecule has 0 N–H and O–H groups in total. The molecule has 3 aromatic rings. The zero-order chi connectivity index (χ0) is 17.2. The number of aromatic nitrogens is 4. The third-order valence-electron chi connectivity index (χ3n) is 4.57. The number of carbonyl (C=O) groups is 1. The van der Waals surface area contributed by atoms with Gasteiger partial charge in [0.1, 0.15) is 18.5 Å². The number of anilines is 1. The molecule has 1 atom stereocenters. The lowest BCUT2D eigenvalue weighted by Crippen LogP contribution is -2.24. The van der Waals surface area contributed by atoms with Crippen LogP contribution >= 0.6 is 0 Å². The van der Waals surface area contributed by atoms with E-state index in [2.05, 4.69) is 21.2 Å². The predicted molar refractivity (Wildman–Crippen MR) is 94.5 cm³/mol. The van der Waals surface area contributed by atoms with Crippen molar-refractivity contribution in [3.63, 3.8) is 0 Å². The number of hydrogen-bond acceptors (Lipinski definition) is 4. The highest BCUT2D eigenvalue weighted by molar-refractivity contribution is 5.95. The van der Waals surface area contributed by atoms with Crippen LogP contribution < -0.4 is 4.90 Å². The van der Waals surface area contributed by atoms with Crippen LogP contribution in [0.2, 0.25) is 0 Å². The number of para-hydroxylation sites is 1. The minimum atomic E-state index is 0.196. The van der Waals surface area contributed by atoms with E-state index >= 15 is 0 Å². The molecule has 1 amide bonds. The third kappa shape index (κ3) is 3.15. The van der Waals surface area contributed by atoms with Gasteiger partial charge in [-0.05, 0) is 42.5 Å². The fourth-order valence-corrected chi connectivity index (χ4v) is 3.43. The number of nitrogens with zero attached hydrogens (tertiary/aromatic N) is 5. The Morgan fingerprint density at radius 3 is 2.64 bits per heavy atom. The minimum Gasteiger partial charge on any atom is -0.312 e. The van der Waals surface area contributed by atoms with E-state index in [0.717, 1.165) is 35.6 Å². The summed E-state index contributed by atoms with van der Waals surface area (Å²) in [7, 11) is 0. The summed E-state index contributed by atoms with van der Waals surface area (Å²) < 4.78 is 1.80. The molecule has 0 radical (unpaired) electrons. The topological polar surface area (TPSA) is 63.9 Å². The van der Waals surface area contributed by atoms with E-state index in [0.29, 0.717) is 12.3 Å². The van der Waals surface area contributed by atoms with Gasteiger partial charge < -0.3 is 4.90 Å². The molecule has 0 saturated carbocycles. The number of rotatable bonds is 4. The Kier molecular flexibility index (Phi) is 4.01. The SMILES string of the molecule is Cc1cc(C[C@@H]2CC(=O)N(c3ccccc3)C2)cnc1-n1cnnc1. The first-order chi connectivity index (χ1) is 12.2. The van der Waals surface area contributed by atoms with Gasteiger partial charge in [0, 0.05) is 24.8 Å². The molecule has 4 rings (SSSR count). The summed E-state index contributed by atoms with van der Waals surface area (Å²) in [6.07, 6.45) is 6.61. The summed E-state index contributed by atoms with van der Waals surface area (Å²) in [5, 5.41) is 7.64. The van der Waals surface area contributed by atoms with Gasteiger partial charge in [0.25, 0.3) is 0 Å². The Bertz CT molecular complexity index is 876. The number of carbonyl (C=O) groups excluding carboxylic acids is 1. The first-order valence-corrected chi connectivity index (χ1v) is 8.36. The molecule has 126 valence electrons. The van der Waals surface area contributed by atoms with Crippen LogP contribution in [-0.2, 0) is 11.2 Å². The lowest BCUT2D eigenvalue weighted by molar-refractivity contribution is -0.117. The maximum absolute atomic E-state index is 12.3. The lowest BCUT2D eigenvalue weighted by atomic mass is 9.99. The standard InChI is InChI=1S/C19H19N5O/c1-14-7-15(10-20-19(14)23-12-21-22-13-23)8-16-9-18(25)24(11-16)17-5-3-2-4-6-17/h2-7,10,12-13,16H,8-9,11H2,1H3/t16-/m1/s1. The summed E-state index contributed by atoms with van der Waals surface area (Å²) >= 11 is 0. The average Bonchev–Trinajstić information content (AvgIpc) is 3.26. The first kappa shape index (κ1) is 15.5. The Morgan fingerprint density at radius 1 is 1.16 bits per heavy atom. The smallest absolute Gasteiger partial charge is 0.227 e. The van der Waals surface area contributed by atoms with E-state index in [9.17, 15) is 4.79 Å². The van der Waals surface area contributed by atoms with E-state index < -0.39 is 0 Å². The molecular weight excluding hydrogens is 314 g/mol. The fourth-order valence-electron chi connectivity index (χ4n) is 3.43. The van der Waals surface area contributed by atoms with Crippen molar-refractivity contribution in [3.05, 3.63) is 66.4 Å². The molecule has 1 aliphatic heterocycles. The van der Waals surface area contributed by atoms with Crippen molar-refractivity contribution in [2.24, 2.45) is 5.92 Å². The second kappa shape index (κ2) is 6.47. The van der Waals surface area contributed by atoms with E-state index in [1.165, 1.54) is 0 Å². The predicted octanol–water partition coefficient (Wildman–Crippen LogP) is 2.57. The van der Waals surface area contributed by atoms with Gasteiger partial charge in [-0.3, -0.25) is 9.36 Å². The number of amides is 1. The van der Waals surface area contributed by atoms with Gasteiger partial charge >= 0.3 is 0 Å². The molecule has 6 nitrogen and oxygen atoms in total. The zero-order valence-electron chi connectivity index (χ0n) is 14.0. The summed E-state index contributed by atoms with van der Waals surface area (Å²) in [6, 6.07) is 12.0. The molecule has 0 spiro atoms. The molecule has 0 unspecified atom stereocenters. The molecule has 3 heterocycles. The van der Waals surface area contributed by atoms with Crippen molar-refractivity contribution in [1.29, 1.82) is 0 Å². The first-order valence-electron chi connectivity index (χ1n) is 8.36. The van der Waals surface area contributed by atoms with Crippen LogP contribution in [0, 0.1) is 12.8 Å². The lowest BCUT2D eigenvalue weighted by Gasteiger charge is -2.16. The molecule has 6 heteroatoms. The van der Waals surface area contributed by atoms with Gasteiger partial charge in [-0.1, -0.05) is 24.3 Å². The number of benzene rings is 1. The van der Waals surface area contributed by atoms with Crippen molar-refractivity contribution in [2.75, 3.05) is 11.4 Å². The maximum Gasteiger partial charge on any atom is 0.227 e. The quantitative estimate of drug-likeness (QED) is 0.736. The Balaban J connectivity index is 1.48. The van der Waals surface area contributed by atoms with Crippen molar-refractivity contribution in [2.45, 2.75) is 19.8 Å². The largest absolute Gasteiger partial charge is 0.312 e. The highest BCUT2D eigenvalue weighted by Crippen LogP contribution is 2.27. The van der Waals surface area contributed by atoms with Crippen LogP contribution in [0.4, 0.5) is 5.69 Å². The summed E-state index contributed by atoms with van der Waals surface area (Å²) in [6.45, 7) is 2.79. The van der Waals surface area contributed by atoms with Crippen molar-refractivity contribution >= 4 is 11.6 Å². The van der Waals surface area contributed by atoms with Gasteiger partial charge in [0.05, 0.1) is 0 Å². The molecule has 1 saturated heterocycles. The number of pyridine rings is 1. The van der Waals surface area contributed by atoms with Gasteiger partial charge in [-0.15, -0.1) is 10.2 Å². The molecule has 1 fully saturated rings. The molecule has 1 aromatic carbocycles. The molecule has 0 bridgehead atoms. The second-order valence-electron chi connectivity index (χ2n) is 6.47. The normalized spacial score (nSPS) is 17.2. The number of hydrogen-bond donors (Lipinski definition) is 0. The van der Waals surface area contributed by atoms with Crippen molar-refractivity contribution in [1.82, 2.24) is 19.7 Å². The van der Waals surface area contributed by atoms with Crippen LogP contribution in [0.15, 0.2) is 55.2 Å². The van der Waals surface area contributed by atoms with Crippen LogP contribution in [-0.4, -0.2) is 32.2 Å². The van der Waals surface area contributed by atoms with Crippen LogP contribution in [0.25, 0.3) is 5.82 Å². The Labute approximate surface area is 146 Å². The molecule has 1 aliphatic rings. The second-order valence-corrected chi connectivity index (χ2v) is 6.47. The molecular formula is C19H19N5O. The monoisotopic (exact) mass is 333 g/mol. The van der Waals surface area contributed by atoms with Gasteiger partial charge in [-0.2, -0.15) is 0 Å². The fraction of sp³-hybridized carbons (Fsp3) is 0.263. The summed E-state index contributed by atoms with van der Waals surface area (Å²) in [5.74, 6) is 1.35. The summed E-state index contributed by atoms with van der Waals surface area (Å²) in [5.41, 5.74) is 3.20. The molecule has 2 aromatic heterocycles. The third-order valence-corrected chi connectivity index (χ3v) is 4.57. The number of aryl methyl sites for hydroxylation is 1. The van der Waals surface area contributed by atoms with E-state index in [1.807, 2.05) is 48.4 Å². The van der Waals surface area contributed by atoms with Crippen LogP contribution in [0.5, 0.6) is 0 Å². The Morgan fingerprint density at radius 2 is 1.92 bits per heavy atom. The van der Waals surface area contributed by atoms with E-state index in [1.54, 1.807) is 17.2 Å².